The minimum atomic E-state index is -3.90. The van der Waals surface area contributed by atoms with Gasteiger partial charge in [-0.25, -0.2) is 12.8 Å². The molecule has 0 radical (unpaired) electrons. The van der Waals surface area contributed by atoms with Crippen LogP contribution in [0.4, 0.5) is 10.1 Å². The molecule has 2 aromatic carbocycles. The quantitative estimate of drug-likeness (QED) is 0.835. The Morgan fingerprint density at radius 3 is 2.28 bits per heavy atom. The first-order valence-corrected chi connectivity index (χ1v) is 7.59. The zero-order valence-electron chi connectivity index (χ0n) is 9.10. The molecule has 0 spiro atoms. The smallest absolute Gasteiger partial charge is 0.264 e. The molecule has 0 heterocycles. The highest BCUT2D eigenvalue weighted by Gasteiger charge is 2.19. The molecule has 0 unspecified atom stereocenters. The summed E-state index contributed by atoms with van der Waals surface area (Å²) in [6.45, 7) is 0. The van der Waals surface area contributed by atoms with Gasteiger partial charge in [-0.05, 0) is 46.9 Å². The van der Waals surface area contributed by atoms with Gasteiger partial charge < -0.3 is 0 Å². The Bertz CT molecular complexity index is 673. The normalized spacial score (nSPS) is 11.2. The second-order valence-corrected chi connectivity index (χ2v) is 6.33. The Balaban J connectivity index is 2.40. The van der Waals surface area contributed by atoms with Gasteiger partial charge in [0.15, 0.2) is 0 Å². The number of sulfonamides is 1. The molecule has 0 saturated carbocycles. The van der Waals surface area contributed by atoms with Crippen LogP contribution in [0, 0.1) is 9.39 Å². The van der Waals surface area contributed by atoms with Crippen molar-refractivity contribution in [2.24, 2.45) is 0 Å². The molecule has 0 amide bonds. The van der Waals surface area contributed by atoms with E-state index in [9.17, 15) is 12.8 Å². The fourth-order valence-corrected chi connectivity index (χ4v) is 3.27. The summed E-state index contributed by atoms with van der Waals surface area (Å²) in [5.74, 6) is -0.768. The molecule has 94 valence electrons. The number of hydrogen-bond acceptors (Lipinski definition) is 2. The van der Waals surface area contributed by atoms with Crippen molar-refractivity contribution in [1.82, 2.24) is 0 Å². The van der Waals surface area contributed by atoms with Gasteiger partial charge in [-0.2, -0.15) is 0 Å². The van der Waals surface area contributed by atoms with Crippen LogP contribution in [-0.4, -0.2) is 8.42 Å². The lowest BCUT2D eigenvalue weighted by Crippen LogP contribution is -2.15. The van der Waals surface area contributed by atoms with Crippen molar-refractivity contribution in [1.29, 1.82) is 0 Å². The minimum absolute atomic E-state index is 0.357. The monoisotopic (exact) mass is 377 g/mol. The summed E-state index contributed by atoms with van der Waals surface area (Å²) in [5.41, 5.74) is 0.432. The first-order valence-electron chi connectivity index (χ1n) is 5.02. The molecule has 0 saturated heterocycles. The lowest BCUT2D eigenvalue weighted by Gasteiger charge is -2.10. The summed E-state index contributed by atoms with van der Waals surface area (Å²) >= 11 is 2.01. The van der Waals surface area contributed by atoms with Gasteiger partial charge in [0.1, 0.15) is 10.7 Å². The van der Waals surface area contributed by atoms with Crippen molar-refractivity contribution in [3.05, 3.63) is 57.9 Å². The summed E-state index contributed by atoms with van der Waals surface area (Å²) in [6.07, 6.45) is 0. The third-order valence-electron chi connectivity index (χ3n) is 2.24. The van der Waals surface area contributed by atoms with E-state index in [0.717, 1.165) is 9.64 Å². The third-order valence-corrected chi connectivity index (χ3v) is 4.58. The second kappa shape index (κ2) is 5.23. The topological polar surface area (TPSA) is 46.2 Å². The number of rotatable bonds is 3. The van der Waals surface area contributed by atoms with Gasteiger partial charge in [0.25, 0.3) is 10.0 Å². The van der Waals surface area contributed by atoms with Gasteiger partial charge in [-0.15, -0.1) is 0 Å². The van der Waals surface area contributed by atoms with E-state index in [2.05, 4.69) is 4.72 Å². The van der Waals surface area contributed by atoms with E-state index < -0.39 is 15.8 Å². The van der Waals surface area contributed by atoms with Crippen LogP contribution in [-0.2, 0) is 10.0 Å². The first kappa shape index (κ1) is 13.3. The van der Waals surface area contributed by atoms with Crippen LogP contribution >= 0.6 is 22.6 Å². The molecule has 1 N–H and O–H groups in total. The highest BCUT2D eigenvalue weighted by molar-refractivity contribution is 14.1. The highest BCUT2D eigenvalue weighted by Crippen LogP contribution is 2.22. The number of para-hydroxylation sites is 1. The average molecular weight is 377 g/mol. The van der Waals surface area contributed by atoms with E-state index in [0.29, 0.717) is 5.69 Å². The van der Waals surface area contributed by atoms with Crippen LogP contribution in [0.25, 0.3) is 0 Å². The number of anilines is 1. The molecule has 6 heteroatoms. The van der Waals surface area contributed by atoms with E-state index in [1.54, 1.807) is 24.3 Å². The lowest BCUT2D eigenvalue weighted by molar-refractivity contribution is 0.570. The molecule has 0 aliphatic heterocycles. The van der Waals surface area contributed by atoms with Crippen LogP contribution in [0.15, 0.2) is 53.4 Å². The van der Waals surface area contributed by atoms with Crippen LogP contribution < -0.4 is 4.72 Å². The van der Waals surface area contributed by atoms with E-state index in [1.807, 2.05) is 22.6 Å². The molecule has 0 aliphatic rings. The van der Waals surface area contributed by atoms with Gasteiger partial charge in [-0.1, -0.05) is 24.3 Å². The Morgan fingerprint density at radius 2 is 1.61 bits per heavy atom. The number of halogens is 2. The molecule has 3 nitrogen and oxygen atoms in total. The predicted octanol–water partition coefficient (Wildman–Crippen LogP) is 3.23. The van der Waals surface area contributed by atoms with E-state index in [4.69, 9.17) is 0 Å². The molecule has 2 rings (SSSR count). The summed E-state index contributed by atoms with van der Waals surface area (Å²) in [5, 5.41) is 0. The molecule has 0 aromatic heterocycles. The van der Waals surface area contributed by atoms with Gasteiger partial charge in [0, 0.05) is 3.57 Å². The largest absolute Gasteiger partial charge is 0.278 e. The fourth-order valence-electron chi connectivity index (χ4n) is 1.41. The highest BCUT2D eigenvalue weighted by atomic mass is 127. The maximum absolute atomic E-state index is 13.5. The molecular formula is C12H9FINO2S. The van der Waals surface area contributed by atoms with E-state index in [1.165, 1.54) is 18.2 Å². The Morgan fingerprint density at radius 1 is 1.00 bits per heavy atom. The van der Waals surface area contributed by atoms with Crippen molar-refractivity contribution in [2.75, 3.05) is 4.72 Å². The summed E-state index contributed by atoms with van der Waals surface area (Å²) in [4.78, 5) is -0.357. The molecule has 0 bridgehead atoms. The summed E-state index contributed by atoms with van der Waals surface area (Å²) in [7, 11) is -3.90. The van der Waals surface area contributed by atoms with Crippen molar-refractivity contribution in [3.8, 4) is 0 Å². The number of hydrogen-bond donors (Lipinski definition) is 1. The molecule has 0 fully saturated rings. The van der Waals surface area contributed by atoms with Crippen LogP contribution in [0.5, 0.6) is 0 Å². The molecule has 18 heavy (non-hydrogen) atoms. The summed E-state index contributed by atoms with van der Waals surface area (Å²) < 4.78 is 40.6. The molecule has 0 atom stereocenters. The maximum atomic E-state index is 13.5. The Labute approximate surface area is 118 Å². The van der Waals surface area contributed by atoms with Crippen molar-refractivity contribution in [3.63, 3.8) is 0 Å². The maximum Gasteiger partial charge on any atom is 0.264 e. The average Bonchev–Trinajstić information content (AvgIpc) is 2.32. The first-order chi connectivity index (χ1) is 8.50. The second-order valence-electron chi connectivity index (χ2n) is 3.52. The van der Waals surface area contributed by atoms with Crippen molar-refractivity contribution < 1.29 is 12.8 Å². The van der Waals surface area contributed by atoms with Crippen LogP contribution in [0.2, 0.25) is 0 Å². The van der Waals surface area contributed by atoms with Gasteiger partial charge in [0.05, 0.1) is 5.69 Å². The molecule has 0 aliphatic carbocycles. The van der Waals surface area contributed by atoms with E-state index in [-0.39, 0.29) is 4.90 Å². The van der Waals surface area contributed by atoms with E-state index >= 15 is 0 Å². The van der Waals surface area contributed by atoms with Crippen molar-refractivity contribution in [2.45, 2.75) is 4.90 Å². The lowest BCUT2D eigenvalue weighted by atomic mass is 10.3. The Hall–Kier alpha value is -1.15. The van der Waals surface area contributed by atoms with Crippen LogP contribution in [0.3, 0.4) is 0 Å². The van der Waals surface area contributed by atoms with Gasteiger partial charge >= 0.3 is 0 Å². The fraction of sp³-hybridized carbons (Fsp3) is 0. The van der Waals surface area contributed by atoms with Crippen molar-refractivity contribution >= 4 is 38.3 Å². The SMILES string of the molecule is O=S(=O)(Nc1ccccc1I)c1ccccc1F. The summed E-state index contributed by atoms with van der Waals surface area (Å²) in [6, 6.07) is 12.2. The van der Waals surface area contributed by atoms with Crippen LogP contribution in [0.1, 0.15) is 0 Å². The predicted molar refractivity (Wildman–Crippen MR) is 76.4 cm³/mol. The van der Waals surface area contributed by atoms with Gasteiger partial charge in [-0.3, -0.25) is 4.72 Å². The number of nitrogens with one attached hydrogen (secondary N) is 1. The zero-order valence-corrected chi connectivity index (χ0v) is 12.1. The standard InChI is InChI=1S/C12H9FINO2S/c13-9-5-1-4-8-12(9)18(16,17)15-11-7-3-2-6-10(11)14/h1-8,15H. The van der Waals surface area contributed by atoms with Gasteiger partial charge in [0.2, 0.25) is 0 Å². The number of benzene rings is 2. The molecular weight excluding hydrogens is 368 g/mol. The minimum Gasteiger partial charge on any atom is -0.278 e. The third kappa shape index (κ3) is 2.81. The molecule has 2 aromatic rings. The zero-order chi connectivity index (χ0) is 13.2. The Kier molecular flexibility index (Phi) is 3.86.